The van der Waals surface area contributed by atoms with Crippen molar-refractivity contribution < 1.29 is 18.7 Å². The number of hydrogen-bond acceptors (Lipinski definition) is 3. The molecule has 0 N–H and O–H groups in total. The third kappa shape index (κ3) is 4.54. The van der Waals surface area contributed by atoms with Crippen molar-refractivity contribution in [3.05, 3.63) is 59.9 Å². The van der Waals surface area contributed by atoms with Crippen LogP contribution in [-0.4, -0.2) is 61.0 Å². The van der Waals surface area contributed by atoms with E-state index >= 15 is 0 Å². The third-order valence-electron chi connectivity index (χ3n) is 5.44. The number of amides is 2. The molecule has 1 saturated heterocycles. The van der Waals surface area contributed by atoms with Gasteiger partial charge in [-0.2, -0.15) is 0 Å². The number of likely N-dealkylation sites (N-methyl/N-ethyl adjacent to an activating group) is 1. The zero-order chi connectivity index (χ0) is 21.9. The molecule has 1 aliphatic rings. The van der Waals surface area contributed by atoms with E-state index in [4.69, 9.17) is 4.74 Å². The topological polar surface area (TPSA) is 49.9 Å². The molecule has 0 aliphatic carbocycles. The summed E-state index contributed by atoms with van der Waals surface area (Å²) in [4.78, 5) is 29.2. The van der Waals surface area contributed by atoms with Crippen LogP contribution in [0.15, 0.2) is 48.5 Å². The molecule has 0 spiro atoms. The van der Waals surface area contributed by atoms with Crippen LogP contribution in [0.5, 0.6) is 0 Å². The van der Waals surface area contributed by atoms with Crippen LogP contribution in [0.4, 0.5) is 4.39 Å². The number of halogens is 1. The van der Waals surface area contributed by atoms with Gasteiger partial charge >= 0.3 is 0 Å². The zero-order valence-corrected chi connectivity index (χ0v) is 18.0. The average Bonchev–Trinajstić information content (AvgIpc) is 2.73. The van der Waals surface area contributed by atoms with Crippen LogP contribution in [0.25, 0.3) is 11.1 Å². The fourth-order valence-corrected chi connectivity index (χ4v) is 3.95. The highest BCUT2D eigenvalue weighted by Crippen LogP contribution is 2.31. The minimum Gasteiger partial charge on any atom is -0.361 e. The van der Waals surface area contributed by atoms with Gasteiger partial charge in [-0.25, -0.2) is 4.39 Å². The van der Waals surface area contributed by atoms with E-state index < -0.39 is 5.60 Å². The molecule has 6 heteroatoms. The first-order valence-electron chi connectivity index (χ1n) is 10.2. The molecule has 2 aromatic rings. The lowest BCUT2D eigenvalue weighted by Gasteiger charge is -2.43. The molecule has 2 amide bonds. The number of rotatable bonds is 5. The smallest absolute Gasteiger partial charge is 0.256 e. The van der Waals surface area contributed by atoms with E-state index in [1.54, 1.807) is 31.1 Å². The summed E-state index contributed by atoms with van der Waals surface area (Å²) in [6, 6.07) is 14.0. The highest BCUT2D eigenvalue weighted by molar-refractivity contribution is 5.88. The lowest BCUT2D eigenvalue weighted by atomic mass is 9.86. The van der Waals surface area contributed by atoms with Crippen molar-refractivity contribution in [1.82, 2.24) is 9.80 Å². The third-order valence-corrected chi connectivity index (χ3v) is 5.44. The van der Waals surface area contributed by atoms with Crippen molar-refractivity contribution >= 4 is 11.8 Å². The maximum absolute atomic E-state index is 13.4. The second-order valence-electron chi connectivity index (χ2n) is 8.30. The molecule has 1 aliphatic heterocycles. The molecule has 0 bridgehead atoms. The van der Waals surface area contributed by atoms with E-state index in [-0.39, 0.29) is 30.1 Å². The molecule has 1 atom stereocenters. The molecule has 5 nitrogen and oxygen atoms in total. The lowest BCUT2D eigenvalue weighted by Crippen LogP contribution is -2.62. The SMILES string of the molecule is CC(C)C(=O)N1CCOC(Cc2ccccc2-c2ccc(F)cc2)(C(=O)N(C)C)C1. The van der Waals surface area contributed by atoms with Gasteiger partial charge in [0.25, 0.3) is 5.91 Å². The van der Waals surface area contributed by atoms with E-state index in [1.807, 2.05) is 38.1 Å². The second-order valence-corrected chi connectivity index (χ2v) is 8.30. The van der Waals surface area contributed by atoms with Gasteiger partial charge in [0.15, 0.2) is 5.60 Å². The Morgan fingerprint density at radius 2 is 1.80 bits per heavy atom. The Morgan fingerprint density at radius 3 is 2.43 bits per heavy atom. The molecular formula is C24H29FN2O3. The molecular weight excluding hydrogens is 383 g/mol. The van der Waals surface area contributed by atoms with Gasteiger partial charge in [0.1, 0.15) is 5.82 Å². The maximum Gasteiger partial charge on any atom is 0.256 e. The zero-order valence-electron chi connectivity index (χ0n) is 18.0. The van der Waals surface area contributed by atoms with Crippen molar-refractivity contribution in [3.8, 4) is 11.1 Å². The van der Waals surface area contributed by atoms with Crippen molar-refractivity contribution in [2.24, 2.45) is 5.92 Å². The van der Waals surface area contributed by atoms with Gasteiger partial charge in [0.2, 0.25) is 5.91 Å². The second kappa shape index (κ2) is 8.96. The molecule has 160 valence electrons. The molecule has 2 aromatic carbocycles. The first-order chi connectivity index (χ1) is 14.2. The number of nitrogens with zero attached hydrogens (tertiary/aromatic N) is 2. The van der Waals surface area contributed by atoms with Gasteiger partial charge in [0.05, 0.1) is 13.2 Å². The number of hydrogen-bond donors (Lipinski definition) is 0. The van der Waals surface area contributed by atoms with Gasteiger partial charge in [-0.15, -0.1) is 0 Å². The fraction of sp³-hybridized carbons (Fsp3) is 0.417. The minimum atomic E-state index is -1.16. The number of carbonyl (C=O) groups excluding carboxylic acids is 2. The highest BCUT2D eigenvalue weighted by atomic mass is 19.1. The van der Waals surface area contributed by atoms with Crippen LogP contribution in [0.1, 0.15) is 19.4 Å². The van der Waals surface area contributed by atoms with Gasteiger partial charge in [-0.3, -0.25) is 9.59 Å². The van der Waals surface area contributed by atoms with Crippen molar-refractivity contribution in [3.63, 3.8) is 0 Å². The van der Waals surface area contributed by atoms with Crippen LogP contribution in [0.3, 0.4) is 0 Å². The standard InChI is InChI=1S/C24H29FN2O3/c1-17(2)22(28)27-13-14-30-24(16-27,23(29)26(3)4)15-19-7-5-6-8-21(19)18-9-11-20(25)12-10-18/h5-12,17H,13-16H2,1-4H3. The Hall–Kier alpha value is -2.73. The Morgan fingerprint density at radius 1 is 1.13 bits per heavy atom. The Bertz CT molecular complexity index is 911. The quantitative estimate of drug-likeness (QED) is 0.757. The van der Waals surface area contributed by atoms with Crippen molar-refractivity contribution in [2.75, 3.05) is 33.8 Å². The van der Waals surface area contributed by atoms with Gasteiger partial charge in [0, 0.05) is 33.0 Å². The first kappa shape index (κ1) is 22.0. The number of ether oxygens (including phenoxy) is 1. The van der Waals surface area contributed by atoms with Crippen molar-refractivity contribution in [2.45, 2.75) is 25.9 Å². The monoisotopic (exact) mass is 412 g/mol. The highest BCUT2D eigenvalue weighted by Gasteiger charge is 2.46. The molecule has 0 saturated carbocycles. The molecule has 1 heterocycles. The van der Waals surface area contributed by atoms with Gasteiger partial charge < -0.3 is 14.5 Å². The van der Waals surface area contributed by atoms with E-state index in [9.17, 15) is 14.0 Å². The molecule has 30 heavy (non-hydrogen) atoms. The molecule has 3 rings (SSSR count). The summed E-state index contributed by atoms with van der Waals surface area (Å²) in [6.45, 7) is 4.70. The Balaban J connectivity index is 2.00. The number of morpholine rings is 1. The van der Waals surface area contributed by atoms with Crippen LogP contribution in [0.2, 0.25) is 0 Å². The normalized spacial score (nSPS) is 19.1. The summed E-state index contributed by atoms with van der Waals surface area (Å²) >= 11 is 0. The van der Waals surface area contributed by atoms with Crippen LogP contribution < -0.4 is 0 Å². The van der Waals surface area contributed by atoms with Crippen LogP contribution in [-0.2, 0) is 20.7 Å². The Kier molecular flexibility index (Phi) is 6.56. The molecule has 0 aromatic heterocycles. The molecule has 1 unspecified atom stereocenters. The maximum atomic E-state index is 13.4. The van der Waals surface area contributed by atoms with E-state index in [2.05, 4.69) is 0 Å². The first-order valence-corrected chi connectivity index (χ1v) is 10.2. The molecule has 1 fully saturated rings. The van der Waals surface area contributed by atoms with Gasteiger partial charge in [-0.05, 0) is 28.8 Å². The summed E-state index contributed by atoms with van der Waals surface area (Å²) in [5.74, 6) is -0.602. The fourth-order valence-electron chi connectivity index (χ4n) is 3.95. The number of carbonyl (C=O) groups is 2. The lowest BCUT2D eigenvalue weighted by molar-refractivity contribution is -0.173. The largest absolute Gasteiger partial charge is 0.361 e. The Labute approximate surface area is 177 Å². The predicted molar refractivity (Wildman–Crippen MR) is 114 cm³/mol. The summed E-state index contributed by atoms with van der Waals surface area (Å²) in [6.07, 6.45) is 0.319. The summed E-state index contributed by atoms with van der Waals surface area (Å²) < 4.78 is 19.5. The van der Waals surface area contributed by atoms with E-state index in [1.165, 1.54) is 17.0 Å². The van der Waals surface area contributed by atoms with Gasteiger partial charge in [-0.1, -0.05) is 50.2 Å². The number of benzene rings is 2. The summed E-state index contributed by atoms with van der Waals surface area (Å²) in [5.41, 5.74) is 1.53. The van der Waals surface area contributed by atoms with E-state index in [0.29, 0.717) is 19.6 Å². The average molecular weight is 413 g/mol. The van der Waals surface area contributed by atoms with Crippen LogP contribution >= 0.6 is 0 Å². The summed E-state index contributed by atoms with van der Waals surface area (Å²) in [7, 11) is 3.39. The summed E-state index contributed by atoms with van der Waals surface area (Å²) in [5, 5.41) is 0. The van der Waals surface area contributed by atoms with Crippen LogP contribution in [0, 0.1) is 11.7 Å². The molecule has 0 radical (unpaired) electrons. The predicted octanol–water partition coefficient (Wildman–Crippen LogP) is 3.38. The van der Waals surface area contributed by atoms with Crippen molar-refractivity contribution in [1.29, 1.82) is 0 Å². The van der Waals surface area contributed by atoms with E-state index in [0.717, 1.165) is 16.7 Å². The minimum absolute atomic E-state index is 0.0149.